The van der Waals surface area contributed by atoms with Gasteiger partial charge in [0.05, 0.1) is 5.56 Å². The SMILES string of the molecule is CCSc1cc(C(=O)O)cnc1SCC. The van der Waals surface area contributed by atoms with E-state index in [4.69, 9.17) is 5.11 Å². The molecule has 0 aliphatic carbocycles. The molecule has 0 aromatic carbocycles. The van der Waals surface area contributed by atoms with Crippen LogP contribution < -0.4 is 0 Å². The normalized spacial score (nSPS) is 10.3. The maximum Gasteiger partial charge on any atom is 0.337 e. The van der Waals surface area contributed by atoms with E-state index < -0.39 is 5.97 Å². The van der Waals surface area contributed by atoms with Crippen molar-refractivity contribution in [2.45, 2.75) is 23.8 Å². The van der Waals surface area contributed by atoms with Crippen molar-refractivity contribution < 1.29 is 9.90 Å². The number of hydrogen-bond acceptors (Lipinski definition) is 4. The van der Waals surface area contributed by atoms with E-state index in [1.165, 1.54) is 6.20 Å². The molecule has 1 N–H and O–H groups in total. The maximum atomic E-state index is 10.8. The summed E-state index contributed by atoms with van der Waals surface area (Å²) < 4.78 is 0. The number of thioether (sulfide) groups is 2. The Hall–Kier alpha value is -0.680. The smallest absolute Gasteiger partial charge is 0.337 e. The van der Waals surface area contributed by atoms with E-state index in [1.54, 1.807) is 29.6 Å². The van der Waals surface area contributed by atoms with Crippen LogP contribution in [0.25, 0.3) is 0 Å². The lowest BCUT2D eigenvalue weighted by molar-refractivity contribution is 0.0696. The second kappa shape index (κ2) is 6.02. The van der Waals surface area contributed by atoms with E-state index in [2.05, 4.69) is 11.9 Å². The summed E-state index contributed by atoms with van der Waals surface area (Å²) in [4.78, 5) is 15.9. The fourth-order valence-electron chi connectivity index (χ4n) is 1.05. The molecular weight excluding hydrogens is 230 g/mol. The van der Waals surface area contributed by atoms with Crippen LogP contribution in [-0.4, -0.2) is 27.6 Å². The summed E-state index contributed by atoms with van der Waals surface area (Å²) in [7, 11) is 0. The number of carbonyl (C=O) groups is 1. The van der Waals surface area contributed by atoms with Crippen LogP contribution in [0.1, 0.15) is 24.2 Å². The number of aromatic carboxylic acids is 1. The number of nitrogens with zero attached hydrogens (tertiary/aromatic N) is 1. The summed E-state index contributed by atoms with van der Waals surface area (Å²) in [5, 5.41) is 9.77. The quantitative estimate of drug-likeness (QED) is 0.806. The van der Waals surface area contributed by atoms with Gasteiger partial charge in [-0.15, -0.1) is 23.5 Å². The molecule has 1 aromatic heterocycles. The van der Waals surface area contributed by atoms with Gasteiger partial charge in [-0.25, -0.2) is 9.78 Å². The van der Waals surface area contributed by atoms with Crippen molar-refractivity contribution in [3.63, 3.8) is 0 Å². The molecule has 0 atom stereocenters. The van der Waals surface area contributed by atoms with Crippen molar-refractivity contribution in [1.82, 2.24) is 4.98 Å². The van der Waals surface area contributed by atoms with Crippen molar-refractivity contribution in [3.05, 3.63) is 17.8 Å². The van der Waals surface area contributed by atoms with Gasteiger partial charge < -0.3 is 5.11 Å². The molecule has 0 spiro atoms. The molecule has 0 aliphatic heterocycles. The van der Waals surface area contributed by atoms with Crippen molar-refractivity contribution in [1.29, 1.82) is 0 Å². The van der Waals surface area contributed by atoms with Crippen LogP contribution >= 0.6 is 23.5 Å². The maximum absolute atomic E-state index is 10.8. The van der Waals surface area contributed by atoms with Crippen molar-refractivity contribution in [2.75, 3.05) is 11.5 Å². The molecule has 5 heteroatoms. The molecule has 3 nitrogen and oxygen atoms in total. The number of carboxylic acid groups (broad SMARTS) is 1. The zero-order valence-corrected chi connectivity index (χ0v) is 10.3. The predicted molar refractivity (Wildman–Crippen MR) is 64.0 cm³/mol. The molecule has 0 saturated carbocycles. The molecule has 0 fully saturated rings. The van der Waals surface area contributed by atoms with E-state index in [1.807, 2.05) is 6.92 Å². The lowest BCUT2D eigenvalue weighted by Crippen LogP contribution is -1.99. The zero-order chi connectivity index (χ0) is 11.3. The Morgan fingerprint density at radius 1 is 1.40 bits per heavy atom. The Bertz CT molecular complexity index is 355. The molecule has 15 heavy (non-hydrogen) atoms. The second-order valence-corrected chi connectivity index (χ2v) is 5.26. The summed E-state index contributed by atoms with van der Waals surface area (Å²) >= 11 is 3.26. The zero-order valence-electron chi connectivity index (χ0n) is 8.69. The standard InChI is InChI=1S/C10H13NO2S2/c1-3-14-8-5-7(10(12)13)6-11-9(8)15-4-2/h5-6H,3-4H2,1-2H3,(H,12,13). The molecule has 0 aliphatic rings. The Morgan fingerprint density at radius 2 is 2.07 bits per heavy atom. The highest BCUT2D eigenvalue weighted by atomic mass is 32.2. The molecule has 0 unspecified atom stereocenters. The molecule has 1 rings (SSSR count). The minimum Gasteiger partial charge on any atom is -0.478 e. The number of aromatic nitrogens is 1. The van der Waals surface area contributed by atoms with Gasteiger partial charge in [0.15, 0.2) is 0 Å². The summed E-state index contributed by atoms with van der Waals surface area (Å²) in [6.45, 7) is 4.09. The minimum absolute atomic E-state index is 0.256. The first-order valence-corrected chi connectivity index (χ1v) is 6.65. The lowest BCUT2D eigenvalue weighted by atomic mass is 10.3. The highest BCUT2D eigenvalue weighted by Crippen LogP contribution is 2.29. The Balaban J connectivity index is 3.02. The van der Waals surface area contributed by atoms with Gasteiger partial charge in [-0.2, -0.15) is 0 Å². The van der Waals surface area contributed by atoms with Crippen LogP contribution in [0.15, 0.2) is 22.2 Å². The van der Waals surface area contributed by atoms with Gasteiger partial charge in [-0.1, -0.05) is 13.8 Å². The number of rotatable bonds is 5. The van der Waals surface area contributed by atoms with Crippen LogP contribution in [0, 0.1) is 0 Å². The molecule has 0 amide bonds. The first-order valence-electron chi connectivity index (χ1n) is 4.68. The minimum atomic E-state index is -0.923. The molecule has 0 radical (unpaired) electrons. The van der Waals surface area contributed by atoms with Gasteiger partial charge in [0, 0.05) is 11.1 Å². The third-order valence-electron chi connectivity index (χ3n) is 1.65. The van der Waals surface area contributed by atoms with Crippen LogP contribution in [-0.2, 0) is 0 Å². The fourth-order valence-corrected chi connectivity index (χ4v) is 2.71. The summed E-state index contributed by atoms with van der Waals surface area (Å²) in [6.07, 6.45) is 1.42. The van der Waals surface area contributed by atoms with Crippen molar-refractivity contribution >= 4 is 29.5 Å². The molecule has 82 valence electrons. The van der Waals surface area contributed by atoms with Crippen LogP contribution in [0.3, 0.4) is 0 Å². The highest BCUT2D eigenvalue weighted by molar-refractivity contribution is 8.02. The molecular formula is C10H13NO2S2. The Kier molecular flexibility index (Phi) is 4.98. The van der Waals surface area contributed by atoms with Gasteiger partial charge in [-0.3, -0.25) is 0 Å². The van der Waals surface area contributed by atoms with Gasteiger partial charge in [0.1, 0.15) is 5.03 Å². The van der Waals surface area contributed by atoms with Crippen LogP contribution in [0.5, 0.6) is 0 Å². The predicted octanol–water partition coefficient (Wildman–Crippen LogP) is 3.00. The second-order valence-electron chi connectivity index (χ2n) is 2.70. The fraction of sp³-hybridized carbons (Fsp3) is 0.400. The third kappa shape index (κ3) is 3.43. The summed E-state index contributed by atoms with van der Waals surface area (Å²) in [5.74, 6) is 0.937. The van der Waals surface area contributed by atoms with Gasteiger partial charge >= 0.3 is 5.97 Å². The lowest BCUT2D eigenvalue weighted by Gasteiger charge is -2.06. The average Bonchev–Trinajstić information content (AvgIpc) is 2.21. The summed E-state index contributed by atoms with van der Waals surface area (Å²) in [6, 6.07) is 1.70. The van der Waals surface area contributed by atoms with E-state index in [0.717, 1.165) is 21.4 Å². The van der Waals surface area contributed by atoms with Gasteiger partial charge in [0.2, 0.25) is 0 Å². The summed E-state index contributed by atoms with van der Waals surface area (Å²) in [5.41, 5.74) is 0.256. The number of pyridine rings is 1. The first kappa shape index (κ1) is 12.4. The Labute approximate surface area is 97.7 Å². The Morgan fingerprint density at radius 3 is 2.60 bits per heavy atom. The van der Waals surface area contributed by atoms with E-state index in [9.17, 15) is 4.79 Å². The molecule has 0 bridgehead atoms. The topological polar surface area (TPSA) is 50.2 Å². The highest BCUT2D eigenvalue weighted by Gasteiger charge is 2.09. The van der Waals surface area contributed by atoms with Crippen LogP contribution in [0.4, 0.5) is 0 Å². The largest absolute Gasteiger partial charge is 0.478 e. The number of hydrogen-bond donors (Lipinski definition) is 1. The average molecular weight is 243 g/mol. The van der Waals surface area contributed by atoms with E-state index in [-0.39, 0.29) is 5.56 Å². The van der Waals surface area contributed by atoms with Crippen molar-refractivity contribution in [3.8, 4) is 0 Å². The van der Waals surface area contributed by atoms with Gasteiger partial charge in [0.25, 0.3) is 0 Å². The van der Waals surface area contributed by atoms with E-state index in [0.29, 0.717) is 0 Å². The molecule has 1 heterocycles. The third-order valence-corrected chi connectivity index (χ3v) is 3.57. The van der Waals surface area contributed by atoms with E-state index >= 15 is 0 Å². The van der Waals surface area contributed by atoms with Gasteiger partial charge in [-0.05, 0) is 17.6 Å². The monoisotopic (exact) mass is 243 g/mol. The molecule has 1 aromatic rings. The first-order chi connectivity index (χ1) is 7.19. The van der Waals surface area contributed by atoms with Crippen molar-refractivity contribution in [2.24, 2.45) is 0 Å². The molecule has 0 saturated heterocycles. The number of carboxylic acids is 1. The van der Waals surface area contributed by atoms with Crippen LogP contribution in [0.2, 0.25) is 0 Å².